The minimum absolute atomic E-state index is 0.00332. The van der Waals surface area contributed by atoms with Crippen molar-refractivity contribution in [1.82, 2.24) is 25.8 Å². The molecule has 0 radical (unpaired) electrons. The van der Waals surface area contributed by atoms with Gasteiger partial charge in [0.2, 0.25) is 11.9 Å². The van der Waals surface area contributed by atoms with Crippen LogP contribution in [0, 0.1) is 5.41 Å². The van der Waals surface area contributed by atoms with Crippen LogP contribution in [0.2, 0.25) is 0 Å². The first kappa shape index (κ1) is 62.4. The SMILES string of the molecule is CC(C)(C)OC(=O)N=C(N(CCCCCCCN=C(NC(=O)OC(C)(C)C)NC(=O)OC(C)(C)C)C(=O)OC(C)(C)C)N(CCCSc1ccc(C(=N)NC(=O)OC(C)(C)C)cc1)C(=O)OC(C)(C)C. The Morgan fingerprint density at radius 3 is 1.33 bits per heavy atom. The number of rotatable bonds is 14. The quantitative estimate of drug-likeness (QED) is 0.0446. The lowest BCUT2D eigenvalue weighted by Gasteiger charge is -2.34. The molecule has 0 saturated carbocycles. The van der Waals surface area contributed by atoms with Gasteiger partial charge in [-0.1, -0.05) is 31.4 Å². The van der Waals surface area contributed by atoms with Crippen molar-refractivity contribution in [2.24, 2.45) is 9.98 Å². The molecule has 0 aliphatic rings. The Kier molecular flexibility index (Phi) is 24.2. The number of benzene rings is 1. The van der Waals surface area contributed by atoms with Crippen LogP contribution in [-0.2, 0) is 28.4 Å². The maximum Gasteiger partial charge on any atom is 0.437 e. The number of amidine groups is 1. The van der Waals surface area contributed by atoms with Crippen molar-refractivity contribution in [3.05, 3.63) is 29.8 Å². The highest BCUT2D eigenvalue weighted by atomic mass is 32.2. The van der Waals surface area contributed by atoms with Gasteiger partial charge in [-0.15, -0.1) is 16.8 Å². The van der Waals surface area contributed by atoms with Gasteiger partial charge in [0.1, 0.15) is 39.4 Å². The number of guanidine groups is 2. The maximum absolute atomic E-state index is 14.1. The number of aliphatic imine (C=N–C) groups is 2. The minimum Gasteiger partial charge on any atom is -0.444 e. The Morgan fingerprint density at radius 2 is 0.900 bits per heavy atom. The molecule has 0 spiro atoms. The van der Waals surface area contributed by atoms with E-state index in [1.807, 2.05) is 0 Å². The number of carbonyl (C=O) groups is 6. The molecule has 1 rings (SSSR count). The molecule has 0 aromatic heterocycles. The molecular weight excluding hydrogens is 925 g/mol. The molecule has 6 amide bonds. The van der Waals surface area contributed by atoms with Gasteiger partial charge in [-0.2, -0.15) is 0 Å². The summed E-state index contributed by atoms with van der Waals surface area (Å²) in [5.41, 5.74) is -4.71. The highest BCUT2D eigenvalue weighted by molar-refractivity contribution is 7.99. The van der Waals surface area contributed by atoms with Crippen LogP contribution in [0.15, 0.2) is 39.1 Å². The number of ether oxygens (including phenoxy) is 6. The van der Waals surface area contributed by atoms with Crippen LogP contribution in [0.4, 0.5) is 28.8 Å². The van der Waals surface area contributed by atoms with E-state index in [1.165, 1.54) is 11.8 Å². The lowest BCUT2D eigenvalue weighted by atomic mass is 10.1. The Morgan fingerprint density at radius 1 is 0.514 bits per heavy atom. The molecule has 0 atom stereocenters. The Labute approximate surface area is 420 Å². The summed E-state index contributed by atoms with van der Waals surface area (Å²) in [6, 6.07) is 6.99. The zero-order chi connectivity index (χ0) is 53.9. The van der Waals surface area contributed by atoms with E-state index in [9.17, 15) is 28.8 Å². The summed E-state index contributed by atoms with van der Waals surface area (Å²) in [5, 5.41) is 15.7. The minimum atomic E-state index is -1.03. The van der Waals surface area contributed by atoms with E-state index < -0.39 is 70.2 Å². The lowest BCUT2D eigenvalue weighted by Crippen LogP contribution is -2.53. The van der Waals surface area contributed by atoms with Gasteiger partial charge in [0.25, 0.3) is 0 Å². The fourth-order valence-electron chi connectivity index (χ4n) is 5.43. The second kappa shape index (κ2) is 27.1. The topological polar surface area (TPSA) is 249 Å². The fraction of sp³-hybridized carbons (Fsp3) is 0.694. The second-order valence-electron chi connectivity index (χ2n) is 22.1. The summed E-state index contributed by atoms with van der Waals surface area (Å²) in [5.74, 6) is -0.0901. The number of nitrogens with zero attached hydrogens (tertiary/aromatic N) is 4. The summed E-state index contributed by atoms with van der Waals surface area (Å²) in [4.78, 5) is 90.7. The van der Waals surface area contributed by atoms with Crippen LogP contribution in [-0.4, -0.2) is 123 Å². The first-order valence-electron chi connectivity index (χ1n) is 23.5. The van der Waals surface area contributed by atoms with Gasteiger partial charge in [-0.05, 0) is 162 Å². The molecule has 70 heavy (non-hydrogen) atoms. The number of thioether (sulfide) groups is 1. The van der Waals surface area contributed by atoms with Gasteiger partial charge in [0.05, 0.1) is 0 Å². The van der Waals surface area contributed by atoms with E-state index in [-0.39, 0.29) is 37.4 Å². The van der Waals surface area contributed by atoms with Gasteiger partial charge < -0.3 is 28.4 Å². The van der Waals surface area contributed by atoms with Crippen LogP contribution in [0.5, 0.6) is 0 Å². The van der Waals surface area contributed by atoms with Crippen LogP contribution < -0.4 is 16.0 Å². The van der Waals surface area contributed by atoms with Crippen molar-refractivity contribution < 1.29 is 57.2 Å². The molecular formula is C49H82N8O12S. The summed E-state index contributed by atoms with van der Waals surface area (Å²) in [7, 11) is 0. The van der Waals surface area contributed by atoms with Gasteiger partial charge >= 0.3 is 36.6 Å². The van der Waals surface area contributed by atoms with Crippen LogP contribution in [0.1, 0.15) is 169 Å². The van der Waals surface area contributed by atoms with Crippen molar-refractivity contribution in [3.63, 3.8) is 0 Å². The van der Waals surface area contributed by atoms with Gasteiger partial charge in [0.15, 0.2) is 0 Å². The zero-order valence-electron chi connectivity index (χ0n) is 45.0. The first-order chi connectivity index (χ1) is 31.8. The smallest absolute Gasteiger partial charge is 0.437 e. The molecule has 4 N–H and O–H groups in total. The number of hydrogen-bond donors (Lipinski definition) is 4. The molecule has 0 heterocycles. The summed E-state index contributed by atoms with van der Waals surface area (Å²) >= 11 is 1.47. The first-order valence-corrected chi connectivity index (χ1v) is 24.5. The van der Waals surface area contributed by atoms with Crippen molar-refractivity contribution in [2.75, 3.05) is 25.4 Å². The summed E-state index contributed by atoms with van der Waals surface area (Å²) in [6.07, 6.45) is -1.78. The summed E-state index contributed by atoms with van der Waals surface area (Å²) in [6.45, 7) is 30.8. The van der Waals surface area contributed by atoms with Crippen molar-refractivity contribution in [3.8, 4) is 0 Å². The molecule has 0 aliphatic heterocycles. The third-order valence-electron chi connectivity index (χ3n) is 7.91. The maximum atomic E-state index is 14.1. The Balaban J connectivity index is 3.38. The Hall–Kier alpha value is -5.60. The molecule has 1 aromatic rings. The van der Waals surface area contributed by atoms with Crippen LogP contribution >= 0.6 is 11.8 Å². The number of alkyl carbamates (subject to hydrolysis) is 3. The van der Waals surface area contributed by atoms with Crippen LogP contribution in [0.25, 0.3) is 0 Å². The molecule has 0 bridgehead atoms. The van der Waals surface area contributed by atoms with Crippen molar-refractivity contribution >= 4 is 66.1 Å². The number of unbranched alkanes of at least 4 members (excludes halogenated alkanes) is 4. The average molecular weight is 1010 g/mol. The molecule has 20 nitrogen and oxygen atoms in total. The van der Waals surface area contributed by atoms with E-state index in [0.717, 1.165) is 14.7 Å². The van der Waals surface area contributed by atoms with Crippen LogP contribution in [0.3, 0.4) is 0 Å². The van der Waals surface area contributed by atoms with Crippen molar-refractivity contribution in [2.45, 2.75) is 202 Å². The molecule has 21 heteroatoms. The number of hydrogen-bond acceptors (Lipinski definition) is 15. The second-order valence-corrected chi connectivity index (χ2v) is 23.3. The zero-order valence-corrected chi connectivity index (χ0v) is 45.8. The number of nitrogens with one attached hydrogen (secondary N) is 4. The standard InChI is InChI=1S/C49H82N8O12S/c1-44(2,3)64-38(58)52-35(50)33-25-27-34(28-26-33)70-32-24-31-57(43(63)69-49(16,17)18)37(55-41(61)67-47(10,11)12)56(42(62)68-48(13,14)15)30-23-21-19-20-22-29-51-36(53-39(59)65-45(4,5)6)54-40(60)66-46(7,8)9/h25-28H,19-24,29-32H2,1-18H3,(H2,50,52,58)(H2,51,53,54,59,60). The molecule has 0 aliphatic carbocycles. The van der Waals surface area contributed by atoms with Gasteiger partial charge in [-0.3, -0.25) is 26.4 Å². The number of carbonyl (C=O) groups excluding carboxylic acids is 6. The lowest BCUT2D eigenvalue weighted by molar-refractivity contribution is 0.0271. The van der Waals surface area contributed by atoms with Gasteiger partial charge in [-0.25, -0.2) is 38.6 Å². The highest BCUT2D eigenvalue weighted by Crippen LogP contribution is 2.22. The van der Waals surface area contributed by atoms with Crippen molar-refractivity contribution in [1.29, 1.82) is 5.41 Å². The third kappa shape index (κ3) is 30.1. The fourth-order valence-corrected chi connectivity index (χ4v) is 6.27. The normalized spacial score (nSPS) is 12.4. The summed E-state index contributed by atoms with van der Waals surface area (Å²) < 4.78 is 33.1. The monoisotopic (exact) mass is 1010 g/mol. The van der Waals surface area contributed by atoms with Gasteiger partial charge in [0, 0.05) is 30.1 Å². The molecule has 0 fully saturated rings. The third-order valence-corrected chi connectivity index (χ3v) is 9.01. The molecule has 1 aromatic carbocycles. The predicted octanol–water partition coefficient (Wildman–Crippen LogP) is 11.1. The van der Waals surface area contributed by atoms with E-state index in [2.05, 4.69) is 25.9 Å². The number of amides is 6. The molecule has 0 unspecified atom stereocenters. The largest absolute Gasteiger partial charge is 0.444 e. The molecule has 396 valence electrons. The van der Waals surface area contributed by atoms with E-state index in [0.29, 0.717) is 49.8 Å². The van der Waals surface area contributed by atoms with E-state index in [4.69, 9.17) is 33.8 Å². The Bertz CT molecular complexity index is 1950. The highest BCUT2D eigenvalue weighted by Gasteiger charge is 2.35. The van der Waals surface area contributed by atoms with E-state index in [1.54, 1.807) is 149 Å². The van der Waals surface area contributed by atoms with E-state index >= 15 is 0 Å². The average Bonchev–Trinajstić information content (AvgIpc) is 3.12. The molecule has 0 saturated heterocycles. The predicted molar refractivity (Wildman–Crippen MR) is 272 cm³/mol.